The van der Waals surface area contributed by atoms with E-state index in [0.717, 1.165) is 34.2 Å². The number of H-pyrrole nitrogens is 1. The summed E-state index contributed by atoms with van der Waals surface area (Å²) in [6.45, 7) is 4.36. The summed E-state index contributed by atoms with van der Waals surface area (Å²) in [6.07, 6.45) is 6.32. The Bertz CT molecular complexity index is 995. The first-order valence-electron chi connectivity index (χ1n) is 10.6. The summed E-state index contributed by atoms with van der Waals surface area (Å²) < 4.78 is 0. The highest BCUT2D eigenvalue weighted by atomic mass is 15.3. The topological polar surface area (TPSA) is 81.8 Å². The minimum atomic E-state index is 0.489. The molecule has 152 valence electrons. The Hall–Kier alpha value is -2.67. The minimum absolute atomic E-state index is 0.489. The van der Waals surface area contributed by atoms with Gasteiger partial charge in [0.15, 0.2) is 5.82 Å². The van der Waals surface area contributed by atoms with Gasteiger partial charge in [-0.3, -0.25) is 5.10 Å². The molecule has 0 radical (unpaired) electrons. The van der Waals surface area contributed by atoms with Gasteiger partial charge in [-0.1, -0.05) is 12.1 Å². The van der Waals surface area contributed by atoms with Crippen molar-refractivity contribution in [1.29, 1.82) is 0 Å². The maximum atomic E-state index is 4.91. The van der Waals surface area contributed by atoms with E-state index in [1.54, 1.807) is 0 Å². The molecule has 0 bridgehead atoms. The third kappa shape index (κ3) is 3.55. The van der Waals surface area contributed by atoms with Crippen LogP contribution in [0.1, 0.15) is 37.8 Å². The SMILES string of the molecule is Cc1cc(Nc2nc(N(C)C3CCC4(CCNC4)CC3)nc3ccccc23)n[nH]1. The van der Waals surface area contributed by atoms with Crippen LogP contribution in [0.3, 0.4) is 0 Å². The Labute approximate surface area is 171 Å². The van der Waals surface area contributed by atoms with E-state index in [0.29, 0.717) is 11.5 Å². The van der Waals surface area contributed by atoms with Crippen LogP contribution in [0.2, 0.25) is 0 Å². The van der Waals surface area contributed by atoms with Crippen LogP contribution in [0, 0.1) is 12.3 Å². The smallest absolute Gasteiger partial charge is 0.227 e. The van der Waals surface area contributed by atoms with Crippen LogP contribution in [0.4, 0.5) is 17.6 Å². The van der Waals surface area contributed by atoms with Gasteiger partial charge in [0.2, 0.25) is 5.95 Å². The van der Waals surface area contributed by atoms with Crippen molar-refractivity contribution in [2.45, 2.75) is 45.1 Å². The molecular formula is C22H29N7. The molecule has 29 heavy (non-hydrogen) atoms. The summed E-state index contributed by atoms with van der Waals surface area (Å²) in [5.41, 5.74) is 2.50. The number of hydrogen-bond acceptors (Lipinski definition) is 6. The van der Waals surface area contributed by atoms with E-state index in [4.69, 9.17) is 9.97 Å². The van der Waals surface area contributed by atoms with E-state index in [2.05, 4.69) is 44.9 Å². The largest absolute Gasteiger partial charge is 0.341 e. The Morgan fingerprint density at radius 3 is 2.69 bits per heavy atom. The quantitative estimate of drug-likeness (QED) is 0.628. The van der Waals surface area contributed by atoms with Crippen LogP contribution in [0.5, 0.6) is 0 Å². The summed E-state index contributed by atoms with van der Waals surface area (Å²) in [6, 6.07) is 10.6. The van der Waals surface area contributed by atoms with Crippen molar-refractivity contribution in [2.24, 2.45) is 5.41 Å². The highest BCUT2D eigenvalue weighted by molar-refractivity contribution is 5.91. The van der Waals surface area contributed by atoms with Crippen LogP contribution in [-0.4, -0.2) is 46.3 Å². The van der Waals surface area contributed by atoms with E-state index < -0.39 is 0 Å². The van der Waals surface area contributed by atoms with Crippen LogP contribution < -0.4 is 15.5 Å². The number of aromatic nitrogens is 4. The predicted octanol–water partition coefficient (Wildman–Crippen LogP) is 3.76. The molecule has 1 aromatic carbocycles. The highest BCUT2D eigenvalue weighted by Gasteiger charge is 2.38. The number of aryl methyl sites for hydroxylation is 1. The van der Waals surface area contributed by atoms with Crippen LogP contribution in [-0.2, 0) is 0 Å². The van der Waals surface area contributed by atoms with E-state index in [1.165, 1.54) is 45.2 Å². The second kappa shape index (κ2) is 7.30. The lowest BCUT2D eigenvalue weighted by molar-refractivity contribution is 0.197. The third-order valence-electron chi connectivity index (χ3n) is 6.75. The van der Waals surface area contributed by atoms with Crippen molar-refractivity contribution in [3.63, 3.8) is 0 Å². The fourth-order valence-corrected chi connectivity index (χ4v) is 4.91. The molecule has 7 heteroatoms. The normalized spacial score (nSPS) is 24.3. The summed E-state index contributed by atoms with van der Waals surface area (Å²) in [5, 5.41) is 15.2. The predicted molar refractivity (Wildman–Crippen MR) is 117 cm³/mol. The van der Waals surface area contributed by atoms with E-state index in [1.807, 2.05) is 25.1 Å². The van der Waals surface area contributed by atoms with Crippen molar-refractivity contribution in [1.82, 2.24) is 25.5 Å². The molecule has 3 heterocycles. The Morgan fingerprint density at radius 1 is 1.14 bits per heavy atom. The molecule has 1 aliphatic carbocycles. The fraction of sp³-hybridized carbons (Fsp3) is 0.500. The molecule has 0 amide bonds. The van der Waals surface area contributed by atoms with E-state index >= 15 is 0 Å². The third-order valence-corrected chi connectivity index (χ3v) is 6.75. The zero-order valence-electron chi connectivity index (χ0n) is 17.2. The van der Waals surface area contributed by atoms with Crippen molar-refractivity contribution >= 4 is 28.5 Å². The lowest BCUT2D eigenvalue weighted by atomic mass is 9.72. The second-order valence-corrected chi connectivity index (χ2v) is 8.72. The van der Waals surface area contributed by atoms with Gasteiger partial charge in [-0.05, 0) is 63.1 Å². The lowest BCUT2D eigenvalue weighted by Gasteiger charge is -2.40. The molecule has 2 fully saturated rings. The Morgan fingerprint density at radius 2 is 1.97 bits per heavy atom. The molecule has 1 saturated carbocycles. The number of nitrogens with one attached hydrogen (secondary N) is 3. The minimum Gasteiger partial charge on any atom is -0.341 e. The summed E-state index contributed by atoms with van der Waals surface area (Å²) in [5.74, 6) is 2.36. The average molecular weight is 392 g/mol. The van der Waals surface area contributed by atoms with Crippen molar-refractivity contribution in [3.05, 3.63) is 36.0 Å². The van der Waals surface area contributed by atoms with Gasteiger partial charge < -0.3 is 15.5 Å². The first kappa shape index (κ1) is 18.4. The lowest BCUT2D eigenvalue weighted by Crippen LogP contribution is -2.40. The number of fused-ring (bicyclic) bond motifs is 1. The van der Waals surface area contributed by atoms with Gasteiger partial charge in [0.25, 0.3) is 0 Å². The monoisotopic (exact) mass is 391 g/mol. The first-order chi connectivity index (χ1) is 14.1. The highest BCUT2D eigenvalue weighted by Crippen LogP contribution is 2.42. The van der Waals surface area contributed by atoms with Crippen LogP contribution in [0.15, 0.2) is 30.3 Å². The summed E-state index contributed by atoms with van der Waals surface area (Å²) >= 11 is 0. The van der Waals surface area contributed by atoms with Gasteiger partial charge in [0, 0.05) is 36.8 Å². The molecule has 1 saturated heterocycles. The Kier molecular flexibility index (Phi) is 4.62. The van der Waals surface area contributed by atoms with Gasteiger partial charge in [-0.25, -0.2) is 4.98 Å². The van der Waals surface area contributed by atoms with Gasteiger partial charge in [-0.15, -0.1) is 0 Å². The van der Waals surface area contributed by atoms with Crippen LogP contribution >= 0.6 is 0 Å². The van der Waals surface area contributed by atoms with Crippen molar-refractivity contribution in [2.75, 3.05) is 30.4 Å². The number of aromatic amines is 1. The van der Waals surface area contributed by atoms with Gasteiger partial charge in [-0.2, -0.15) is 10.1 Å². The average Bonchev–Trinajstić information content (AvgIpc) is 3.37. The number of anilines is 3. The molecule has 0 atom stereocenters. The van der Waals surface area contributed by atoms with Crippen molar-refractivity contribution < 1.29 is 0 Å². The Balaban J connectivity index is 1.42. The molecule has 5 rings (SSSR count). The van der Waals surface area contributed by atoms with Crippen LogP contribution in [0.25, 0.3) is 10.9 Å². The number of para-hydroxylation sites is 1. The number of nitrogens with zero attached hydrogens (tertiary/aromatic N) is 4. The molecule has 0 unspecified atom stereocenters. The number of benzene rings is 1. The molecule has 1 spiro atoms. The molecular weight excluding hydrogens is 362 g/mol. The zero-order chi connectivity index (χ0) is 19.8. The first-order valence-corrected chi connectivity index (χ1v) is 10.6. The maximum absolute atomic E-state index is 4.91. The van der Waals surface area contributed by atoms with E-state index in [-0.39, 0.29) is 0 Å². The van der Waals surface area contributed by atoms with Gasteiger partial charge in [0.05, 0.1) is 5.52 Å². The van der Waals surface area contributed by atoms with Crippen molar-refractivity contribution in [3.8, 4) is 0 Å². The van der Waals surface area contributed by atoms with Gasteiger partial charge in [0.1, 0.15) is 5.82 Å². The zero-order valence-corrected chi connectivity index (χ0v) is 17.2. The fourth-order valence-electron chi connectivity index (χ4n) is 4.91. The molecule has 7 nitrogen and oxygen atoms in total. The molecule has 3 N–H and O–H groups in total. The van der Waals surface area contributed by atoms with Gasteiger partial charge >= 0.3 is 0 Å². The second-order valence-electron chi connectivity index (χ2n) is 8.72. The number of hydrogen-bond donors (Lipinski definition) is 3. The standard InChI is InChI=1S/C22H29N7/c1-15-13-19(28-27-15)25-20-17-5-3-4-6-18(17)24-21(26-20)29(2)16-7-9-22(10-8-16)11-12-23-14-22/h3-6,13,16,23H,7-12,14H2,1-2H3,(H2,24,25,26,27,28). The molecule has 1 aliphatic heterocycles. The molecule has 2 aromatic heterocycles. The summed E-state index contributed by atoms with van der Waals surface area (Å²) in [7, 11) is 2.14. The van der Waals surface area contributed by atoms with E-state index in [9.17, 15) is 0 Å². The maximum Gasteiger partial charge on any atom is 0.227 e. The number of rotatable bonds is 4. The molecule has 2 aliphatic rings. The summed E-state index contributed by atoms with van der Waals surface area (Å²) in [4.78, 5) is 12.1. The molecule has 3 aromatic rings.